The number of benzene rings is 1. The summed E-state index contributed by atoms with van der Waals surface area (Å²) in [5.41, 5.74) is 0.100. The van der Waals surface area contributed by atoms with Crippen LogP contribution in [0.1, 0.15) is 35.4 Å². The number of aromatic hydroxyl groups is 1. The van der Waals surface area contributed by atoms with E-state index >= 15 is 0 Å². The van der Waals surface area contributed by atoms with E-state index in [9.17, 15) is 31.9 Å². The molecule has 0 unspecified atom stereocenters. The number of alkyl halides is 5. The Balaban J connectivity index is 1.65. The lowest BCUT2D eigenvalue weighted by Crippen LogP contribution is -2.48. The van der Waals surface area contributed by atoms with Gasteiger partial charge < -0.3 is 20.5 Å². The molecule has 1 aliphatic heterocycles. The summed E-state index contributed by atoms with van der Waals surface area (Å²) >= 11 is 0. The van der Waals surface area contributed by atoms with Gasteiger partial charge in [-0.1, -0.05) is 6.07 Å². The quantitative estimate of drug-likeness (QED) is 0.324. The summed E-state index contributed by atoms with van der Waals surface area (Å²) in [6.45, 7) is 1.61. The average Bonchev–Trinajstić information content (AvgIpc) is 3.17. The van der Waals surface area contributed by atoms with Gasteiger partial charge in [-0.15, -0.1) is 0 Å². The first kappa shape index (κ1) is 24.3. The summed E-state index contributed by atoms with van der Waals surface area (Å²) in [6.07, 6.45) is -4.89. The fourth-order valence-corrected chi connectivity index (χ4v) is 3.38. The molecule has 2 aromatic rings. The summed E-state index contributed by atoms with van der Waals surface area (Å²) < 4.78 is 72.3. The van der Waals surface area contributed by atoms with Crippen LogP contribution in [0, 0.1) is 0 Å². The van der Waals surface area contributed by atoms with Crippen LogP contribution in [0.4, 0.5) is 27.8 Å². The number of anilines is 1. The number of amides is 1. The van der Waals surface area contributed by atoms with Crippen molar-refractivity contribution in [2.75, 3.05) is 25.5 Å². The van der Waals surface area contributed by atoms with E-state index in [1.165, 1.54) is 20.2 Å². The molecular formula is C20H22F5N5O3. The Bertz CT molecular complexity index is 1040. The van der Waals surface area contributed by atoms with Gasteiger partial charge in [0.1, 0.15) is 11.9 Å². The van der Waals surface area contributed by atoms with E-state index in [0.717, 1.165) is 6.07 Å². The number of phenols is 1. The second-order valence-electron chi connectivity index (χ2n) is 7.47. The second-order valence-corrected chi connectivity index (χ2v) is 7.47. The molecule has 0 spiro atoms. The first-order chi connectivity index (χ1) is 15.5. The number of phenolic OH excluding ortho intramolecular Hbond substituents is 1. The second kappa shape index (κ2) is 9.24. The molecular weight excluding hydrogens is 453 g/mol. The molecule has 3 rings (SSSR count). The van der Waals surface area contributed by atoms with E-state index in [1.807, 2.05) is 0 Å². The van der Waals surface area contributed by atoms with Gasteiger partial charge in [0.2, 0.25) is 0 Å². The molecule has 0 saturated carbocycles. The van der Waals surface area contributed by atoms with Crippen LogP contribution < -0.4 is 15.4 Å². The summed E-state index contributed by atoms with van der Waals surface area (Å²) in [7, 11) is 1.40. The number of ether oxygens (including phenoxy) is 1. The van der Waals surface area contributed by atoms with Crippen LogP contribution in [0.25, 0.3) is 0 Å². The molecule has 33 heavy (non-hydrogen) atoms. The predicted molar refractivity (Wildman–Crippen MR) is 109 cm³/mol. The topological polar surface area (TPSA) is 101 Å². The smallest absolute Gasteiger partial charge is 0.455 e. The minimum absolute atomic E-state index is 0.0359. The average molecular weight is 475 g/mol. The highest BCUT2D eigenvalue weighted by Gasteiger charge is 2.64. The first-order valence-corrected chi connectivity index (χ1v) is 9.90. The minimum Gasteiger partial charge on any atom is -0.504 e. The number of carbonyl (C=O) groups excluding carboxylic acids is 1. The Morgan fingerprint density at radius 1 is 1.39 bits per heavy atom. The summed E-state index contributed by atoms with van der Waals surface area (Å²) in [6, 6.07) is 3.02. The molecule has 2 atom stereocenters. The number of nitrogens with zero attached hydrogens (tertiary/aromatic N) is 3. The fourth-order valence-electron chi connectivity index (χ4n) is 3.38. The maximum atomic E-state index is 14.0. The van der Waals surface area contributed by atoms with Gasteiger partial charge in [-0.05, 0) is 25.5 Å². The fraction of sp³-hybridized carbons (Fsp3) is 0.450. The maximum Gasteiger partial charge on any atom is 0.455 e. The van der Waals surface area contributed by atoms with E-state index in [-0.39, 0.29) is 36.1 Å². The van der Waals surface area contributed by atoms with E-state index in [2.05, 4.69) is 20.7 Å². The highest BCUT2D eigenvalue weighted by Crippen LogP contribution is 2.47. The van der Waals surface area contributed by atoms with Gasteiger partial charge in [-0.3, -0.25) is 9.79 Å². The number of methoxy groups -OCH3 is 1. The van der Waals surface area contributed by atoms with Crippen LogP contribution in [0.3, 0.4) is 0 Å². The number of hydrogen-bond donors (Lipinski definition) is 3. The number of rotatable bonds is 7. The third-order valence-corrected chi connectivity index (χ3v) is 5.04. The molecule has 0 fully saturated rings. The van der Waals surface area contributed by atoms with Crippen molar-refractivity contribution in [3.63, 3.8) is 0 Å². The zero-order chi connectivity index (χ0) is 24.4. The van der Waals surface area contributed by atoms with Gasteiger partial charge in [0.25, 0.3) is 5.91 Å². The number of hydrogen-bond acceptors (Lipinski definition) is 6. The molecule has 180 valence electrons. The molecule has 0 bridgehead atoms. The molecule has 2 heterocycles. The Morgan fingerprint density at radius 3 is 2.79 bits per heavy atom. The first-order valence-electron chi connectivity index (χ1n) is 9.90. The van der Waals surface area contributed by atoms with E-state index in [4.69, 9.17) is 4.74 Å². The largest absolute Gasteiger partial charge is 0.504 e. The van der Waals surface area contributed by atoms with Crippen molar-refractivity contribution in [1.82, 2.24) is 15.1 Å². The Kier molecular flexibility index (Phi) is 6.79. The monoisotopic (exact) mass is 475 g/mol. The highest BCUT2D eigenvalue weighted by molar-refractivity contribution is 5.93. The molecule has 13 heteroatoms. The van der Waals surface area contributed by atoms with E-state index in [1.54, 1.807) is 18.2 Å². The Morgan fingerprint density at radius 2 is 2.12 bits per heavy atom. The number of carbonyl (C=O) groups is 1. The predicted octanol–water partition coefficient (Wildman–Crippen LogP) is 3.39. The minimum atomic E-state index is -5.75. The number of aromatic nitrogens is 2. The van der Waals surface area contributed by atoms with Crippen molar-refractivity contribution in [3.8, 4) is 11.5 Å². The number of nitrogens with one attached hydrogen (secondary N) is 2. The lowest BCUT2D eigenvalue weighted by Gasteiger charge is -2.35. The van der Waals surface area contributed by atoms with Gasteiger partial charge in [0.15, 0.2) is 17.2 Å². The SMILES string of the molecule is COc1cccc(C=NCCNC(=O)c2cc3n(n2)[C@@H](C(F)(F)C(F)(F)F)C[C@@H](C)N3)c1O. The van der Waals surface area contributed by atoms with Crippen molar-refractivity contribution >= 4 is 17.9 Å². The number of halogens is 5. The Hall–Kier alpha value is -3.38. The van der Waals surface area contributed by atoms with Crippen molar-refractivity contribution in [2.45, 2.75) is 37.5 Å². The molecule has 0 radical (unpaired) electrons. The summed E-state index contributed by atoms with van der Waals surface area (Å²) in [5.74, 6) is -5.69. The lowest BCUT2D eigenvalue weighted by atomic mass is 9.99. The molecule has 1 aromatic heterocycles. The molecule has 0 saturated heterocycles. The van der Waals surface area contributed by atoms with Gasteiger partial charge >= 0.3 is 12.1 Å². The highest BCUT2D eigenvalue weighted by atomic mass is 19.4. The standard InChI is InChI=1S/C20H22F5N5O3/c1-11-8-15(19(21,22)20(23,24)25)30-16(28-11)9-13(29-30)18(32)27-7-6-26-10-12-4-3-5-14(33-2)17(12)31/h3-5,9-11,15,28,31H,6-8H2,1-2H3,(H,27,32)/t11-,15-/m1/s1. The van der Waals surface area contributed by atoms with Gasteiger partial charge in [0, 0.05) is 30.4 Å². The van der Waals surface area contributed by atoms with Crippen LogP contribution in [0.5, 0.6) is 11.5 Å². The maximum absolute atomic E-state index is 14.0. The van der Waals surface area contributed by atoms with Crippen LogP contribution >= 0.6 is 0 Å². The number of aliphatic imine (C=N–C) groups is 1. The lowest BCUT2D eigenvalue weighted by molar-refractivity contribution is -0.301. The molecule has 8 nitrogen and oxygen atoms in total. The van der Waals surface area contributed by atoms with E-state index < -0.39 is 36.5 Å². The van der Waals surface area contributed by atoms with Gasteiger partial charge in [0.05, 0.1) is 13.7 Å². The van der Waals surface area contributed by atoms with Gasteiger partial charge in [-0.2, -0.15) is 27.1 Å². The third kappa shape index (κ3) is 5.01. The van der Waals surface area contributed by atoms with Crippen LogP contribution in [0.2, 0.25) is 0 Å². The number of para-hydroxylation sites is 1. The zero-order valence-electron chi connectivity index (χ0n) is 17.7. The molecule has 1 amide bonds. The van der Waals surface area contributed by atoms with Crippen LogP contribution in [0.15, 0.2) is 29.3 Å². The molecule has 1 aromatic carbocycles. The Labute approximate surface area is 185 Å². The third-order valence-electron chi connectivity index (χ3n) is 5.04. The molecule has 3 N–H and O–H groups in total. The number of fused-ring (bicyclic) bond motifs is 1. The summed E-state index contributed by atoms with van der Waals surface area (Å²) in [5, 5.41) is 18.9. The zero-order valence-corrected chi connectivity index (χ0v) is 17.7. The van der Waals surface area contributed by atoms with Crippen molar-refractivity contribution in [1.29, 1.82) is 0 Å². The van der Waals surface area contributed by atoms with Gasteiger partial charge in [-0.25, -0.2) is 4.68 Å². The molecule has 0 aliphatic carbocycles. The van der Waals surface area contributed by atoms with Crippen LogP contribution in [-0.4, -0.2) is 65.3 Å². The van der Waals surface area contributed by atoms with Crippen molar-refractivity contribution in [3.05, 3.63) is 35.5 Å². The van der Waals surface area contributed by atoms with Crippen molar-refractivity contribution in [2.24, 2.45) is 4.99 Å². The summed E-state index contributed by atoms with van der Waals surface area (Å²) in [4.78, 5) is 16.4. The van der Waals surface area contributed by atoms with E-state index in [0.29, 0.717) is 10.2 Å². The molecule has 1 aliphatic rings. The normalized spacial score (nSPS) is 18.6. The van der Waals surface area contributed by atoms with Crippen molar-refractivity contribution < 1.29 is 36.6 Å². The van der Waals surface area contributed by atoms with Crippen LogP contribution in [-0.2, 0) is 0 Å².